The van der Waals surface area contributed by atoms with Gasteiger partial charge in [-0.3, -0.25) is 9.69 Å². The Bertz CT molecular complexity index is 530. The Morgan fingerprint density at radius 3 is 2.52 bits per heavy atom. The maximum absolute atomic E-state index is 11.1. The van der Waals surface area contributed by atoms with Crippen molar-refractivity contribution in [2.45, 2.75) is 31.2 Å². The minimum absolute atomic E-state index is 0.255. The van der Waals surface area contributed by atoms with Crippen molar-refractivity contribution in [3.8, 4) is 0 Å². The van der Waals surface area contributed by atoms with Crippen LogP contribution >= 0.6 is 0 Å². The molecule has 0 unspecified atom stereocenters. The van der Waals surface area contributed by atoms with Crippen LogP contribution in [0.1, 0.15) is 36.0 Å². The summed E-state index contributed by atoms with van der Waals surface area (Å²) in [6, 6.07) is 3.57. The van der Waals surface area contributed by atoms with Crippen LogP contribution < -0.4 is 11.1 Å². The monoisotopic (exact) mass is 317 g/mol. The Morgan fingerprint density at radius 1 is 1.26 bits per heavy atom. The summed E-state index contributed by atoms with van der Waals surface area (Å²) >= 11 is 0. The molecule has 0 radical (unpaired) electrons. The Hall–Kier alpha value is -1.66. The molecule has 0 spiro atoms. The molecule has 1 aromatic heterocycles. The third kappa shape index (κ3) is 3.64. The molecule has 1 aliphatic heterocycles. The molecule has 0 aromatic carbocycles. The van der Waals surface area contributed by atoms with Crippen LogP contribution in [0.2, 0.25) is 0 Å². The molecule has 2 fully saturated rings. The summed E-state index contributed by atoms with van der Waals surface area (Å²) in [6.07, 6.45) is 6.66. The van der Waals surface area contributed by atoms with E-state index in [2.05, 4.69) is 27.1 Å². The number of nitrogens with two attached hydrogens (primary N) is 1. The Morgan fingerprint density at radius 2 is 1.96 bits per heavy atom. The normalized spacial score (nSPS) is 22.1. The van der Waals surface area contributed by atoms with Crippen molar-refractivity contribution in [3.05, 3.63) is 23.9 Å². The third-order valence-electron chi connectivity index (χ3n) is 5.35. The van der Waals surface area contributed by atoms with Crippen LogP contribution in [-0.2, 0) is 0 Å². The van der Waals surface area contributed by atoms with E-state index in [0.717, 1.165) is 38.5 Å². The highest BCUT2D eigenvalue weighted by Crippen LogP contribution is 2.36. The molecule has 6 heteroatoms. The van der Waals surface area contributed by atoms with E-state index in [1.165, 1.54) is 25.7 Å². The van der Waals surface area contributed by atoms with Crippen LogP contribution in [0.25, 0.3) is 0 Å². The first-order chi connectivity index (χ1) is 11.1. The number of rotatable bonds is 5. The van der Waals surface area contributed by atoms with Gasteiger partial charge in [-0.15, -0.1) is 0 Å². The van der Waals surface area contributed by atoms with Crippen LogP contribution in [0.5, 0.6) is 0 Å². The maximum Gasteiger partial charge on any atom is 0.250 e. The number of hydrogen-bond donors (Lipinski definition) is 2. The van der Waals surface area contributed by atoms with E-state index in [1.807, 2.05) is 6.07 Å². The van der Waals surface area contributed by atoms with Crippen LogP contribution in [-0.4, -0.2) is 66.0 Å². The first-order valence-corrected chi connectivity index (χ1v) is 8.52. The summed E-state index contributed by atoms with van der Waals surface area (Å²) < 4.78 is 0. The van der Waals surface area contributed by atoms with E-state index in [-0.39, 0.29) is 5.54 Å². The van der Waals surface area contributed by atoms with Gasteiger partial charge >= 0.3 is 0 Å². The average molecular weight is 317 g/mol. The van der Waals surface area contributed by atoms with E-state index >= 15 is 0 Å². The molecule has 1 aliphatic carbocycles. The number of amides is 1. The van der Waals surface area contributed by atoms with E-state index in [4.69, 9.17) is 5.73 Å². The number of likely N-dealkylation sites (N-methyl/N-ethyl adjacent to an activating group) is 1. The fourth-order valence-corrected chi connectivity index (χ4v) is 3.82. The number of hydrogen-bond acceptors (Lipinski definition) is 5. The average Bonchev–Trinajstić information content (AvgIpc) is 3.04. The van der Waals surface area contributed by atoms with Gasteiger partial charge in [0.25, 0.3) is 0 Å². The number of carbonyl (C=O) groups is 1. The highest BCUT2D eigenvalue weighted by atomic mass is 16.1. The van der Waals surface area contributed by atoms with Gasteiger partial charge in [0.1, 0.15) is 5.82 Å². The SMILES string of the molecule is CN1CCN(C2(CNc3ccc(C(N)=O)cn3)CCCC2)CC1. The lowest BCUT2D eigenvalue weighted by atomic mass is 9.93. The van der Waals surface area contributed by atoms with Gasteiger partial charge in [-0.05, 0) is 32.0 Å². The molecule has 3 rings (SSSR count). The minimum atomic E-state index is -0.436. The van der Waals surface area contributed by atoms with Crippen molar-refractivity contribution in [2.75, 3.05) is 45.1 Å². The van der Waals surface area contributed by atoms with Gasteiger partial charge in [0.15, 0.2) is 0 Å². The molecule has 1 aromatic rings. The van der Waals surface area contributed by atoms with Crippen molar-refractivity contribution in [2.24, 2.45) is 5.73 Å². The fraction of sp³-hybridized carbons (Fsp3) is 0.647. The molecule has 1 amide bonds. The number of piperazine rings is 1. The summed E-state index contributed by atoms with van der Waals surface area (Å²) in [5.41, 5.74) is 5.96. The van der Waals surface area contributed by atoms with Crippen molar-refractivity contribution >= 4 is 11.7 Å². The molecule has 0 bridgehead atoms. The van der Waals surface area contributed by atoms with Crippen LogP contribution in [0.3, 0.4) is 0 Å². The van der Waals surface area contributed by atoms with Gasteiger partial charge < -0.3 is 16.0 Å². The van der Waals surface area contributed by atoms with Crippen LogP contribution in [0.15, 0.2) is 18.3 Å². The molecule has 2 heterocycles. The summed E-state index contributed by atoms with van der Waals surface area (Å²) in [7, 11) is 2.20. The molecule has 23 heavy (non-hydrogen) atoms. The first-order valence-electron chi connectivity index (χ1n) is 8.52. The van der Waals surface area contributed by atoms with Crippen LogP contribution in [0, 0.1) is 0 Å². The van der Waals surface area contributed by atoms with E-state index in [9.17, 15) is 4.79 Å². The Balaban J connectivity index is 1.64. The van der Waals surface area contributed by atoms with E-state index in [1.54, 1.807) is 12.3 Å². The lowest BCUT2D eigenvalue weighted by Crippen LogP contribution is -2.58. The highest BCUT2D eigenvalue weighted by Gasteiger charge is 2.40. The topological polar surface area (TPSA) is 74.5 Å². The second-order valence-corrected chi connectivity index (χ2v) is 6.87. The number of primary amides is 1. The predicted molar refractivity (Wildman–Crippen MR) is 91.5 cm³/mol. The first kappa shape index (κ1) is 16.2. The number of anilines is 1. The zero-order valence-corrected chi connectivity index (χ0v) is 13.9. The van der Waals surface area contributed by atoms with Crippen molar-refractivity contribution in [1.82, 2.24) is 14.8 Å². The number of pyridine rings is 1. The van der Waals surface area contributed by atoms with Gasteiger partial charge in [0.05, 0.1) is 5.56 Å². The largest absolute Gasteiger partial charge is 0.368 e. The van der Waals surface area contributed by atoms with Gasteiger partial charge in [0, 0.05) is 44.5 Å². The summed E-state index contributed by atoms with van der Waals surface area (Å²) in [6.45, 7) is 5.50. The lowest BCUT2D eigenvalue weighted by Gasteiger charge is -2.45. The summed E-state index contributed by atoms with van der Waals surface area (Å²) in [5, 5.41) is 3.48. The third-order valence-corrected chi connectivity index (χ3v) is 5.35. The standard InChI is InChI=1S/C17H27N5O/c1-21-8-10-22(11-9-21)17(6-2-3-7-17)13-20-15-5-4-14(12-19-15)16(18)23/h4-5,12H,2-3,6-11,13H2,1H3,(H2,18,23)(H,19,20). The van der Waals surface area contributed by atoms with Crippen LogP contribution in [0.4, 0.5) is 5.82 Å². The number of aromatic nitrogens is 1. The fourth-order valence-electron chi connectivity index (χ4n) is 3.82. The molecule has 2 aliphatic rings. The molecule has 1 saturated carbocycles. The molecule has 1 saturated heterocycles. The molecule has 0 atom stereocenters. The van der Waals surface area contributed by atoms with Gasteiger partial charge in [0.2, 0.25) is 5.91 Å². The zero-order valence-electron chi connectivity index (χ0n) is 13.9. The highest BCUT2D eigenvalue weighted by molar-refractivity contribution is 5.92. The number of carbonyl (C=O) groups excluding carboxylic acids is 1. The predicted octanol–water partition coefficient (Wildman–Crippen LogP) is 1.15. The summed E-state index contributed by atoms with van der Waals surface area (Å²) in [5.74, 6) is 0.379. The second kappa shape index (κ2) is 6.84. The van der Waals surface area contributed by atoms with Gasteiger partial charge in [-0.25, -0.2) is 4.98 Å². The Kier molecular flexibility index (Phi) is 4.82. The quantitative estimate of drug-likeness (QED) is 0.852. The second-order valence-electron chi connectivity index (χ2n) is 6.87. The molecular formula is C17H27N5O. The molecule has 3 N–H and O–H groups in total. The lowest BCUT2D eigenvalue weighted by molar-refractivity contribution is 0.0510. The molecule has 6 nitrogen and oxygen atoms in total. The smallest absolute Gasteiger partial charge is 0.250 e. The minimum Gasteiger partial charge on any atom is -0.368 e. The number of nitrogens with one attached hydrogen (secondary N) is 1. The number of nitrogens with zero attached hydrogens (tertiary/aromatic N) is 3. The van der Waals surface area contributed by atoms with Crippen molar-refractivity contribution < 1.29 is 4.79 Å². The van der Waals surface area contributed by atoms with E-state index in [0.29, 0.717) is 5.56 Å². The van der Waals surface area contributed by atoms with Gasteiger partial charge in [-0.2, -0.15) is 0 Å². The Labute approximate surface area is 138 Å². The molecular weight excluding hydrogens is 290 g/mol. The zero-order chi connectivity index (χ0) is 16.3. The maximum atomic E-state index is 11.1. The van der Waals surface area contributed by atoms with Gasteiger partial charge in [-0.1, -0.05) is 12.8 Å². The van der Waals surface area contributed by atoms with Crippen molar-refractivity contribution in [3.63, 3.8) is 0 Å². The summed E-state index contributed by atoms with van der Waals surface area (Å²) in [4.78, 5) is 20.5. The molecule has 126 valence electrons. The van der Waals surface area contributed by atoms with E-state index < -0.39 is 5.91 Å². The van der Waals surface area contributed by atoms with Crippen molar-refractivity contribution in [1.29, 1.82) is 0 Å².